The van der Waals surface area contributed by atoms with Gasteiger partial charge in [-0.05, 0) is 31.3 Å². The number of unbranched alkanes of at least 4 members (excludes halogenated alkanes) is 1. The molecule has 86 valence electrons. The molecule has 1 rings (SSSR count). The lowest BCUT2D eigenvalue weighted by molar-refractivity contribution is 0.835. The number of rotatable bonds is 8. The first-order chi connectivity index (χ1) is 7.36. The molecule has 0 unspecified atom stereocenters. The molecule has 0 bridgehead atoms. The quantitative estimate of drug-likeness (QED) is 0.714. The molecule has 0 saturated heterocycles. The Morgan fingerprint density at radius 1 is 1.40 bits per heavy atom. The monoisotopic (exact) mass is 245 g/mol. The van der Waals surface area contributed by atoms with Crippen molar-refractivity contribution in [3.8, 4) is 0 Å². The first kappa shape index (κ1) is 12.8. The highest BCUT2D eigenvalue weighted by Gasteiger charge is 2.01. The van der Waals surface area contributed by atoms with Gasteiger partial charge in [-0.2, -0.15) is 16.1 Å². The maximum atomic E-state index is 4.41. The summed E-state index contributed by atoms with van der Waals surface area (Å²) < 4.78 is 4.28. The van der Waals surface area contributed by atoms with E-state index >= 15 is 0 Å². The van der Waals surface area contributed by atoms with Gasteiger partial charge in [0.15, 0.2) is 0 Å². The standard InChI is InChI=1S/C10H19N3S2/c1-3-6-9-12-10(15-13-9)11-7-4-5-8-14-2/h3-8H2,1-2H3,(H,11,12,13). The van der Waals surface area contributed by atoms with Crippen LogP contribution in [0.5, 0.6) is 0 Å². The lowest BCUT2D eigenvalue weighted by Gasteiger charge is -2.00. The van der Waals surface area contributed by atoms with Crippen LogP contribution in [0.15, 0.2) is 0 Å². The number of aryl methyl sites for hydroxylation is 1. The molecule has 0 fully saturated rings. The molecule has 0 atom stereocenters. The van der Waals surface area contributed by atoms with Crippen LogP contribution in [0, 0.1) is 0 Å². The van der Waals surface area contributed by atoms with Crippen LogP contribution in [0.25, 0.3) is 0 Å². The third-order valence-electron chi connectivity index (χ3n) is 1.99. The zero-order valence-electron chi connectivity index (χ0n) is 9.45. The molecule has 1 N–H and O–H groups in total. The van der Waals surface area contributed by atoms with E-state index in [-0.39, 0.29) is 0 Å². The summed E-state index contributed by atoms with van der Waals surface area (Å²) >= 11 is 3.38. The molecule has 0 saturated carbocycles. The minimum absolute atomic E-state index is 0.975. The third kappa shape index (κ3) is 5.37. The van der Waals surface area contributed by atoms with Crippen molar-refractivity contribution in [2.75, 3.05) is 23.9 Å². The SMILES string of the molecule is CCCc1nsc(NCCCCSC)n1. The van der Waals surface area contributed by atoms with E-state index in [1.807, 2.05) is 11.8 Å². The Morgan fingerprint density at radius 3 is 3.00 bits per heavy atom. The first-order valence-electron chi connectivity index (χ1n) is 5.42. The fourth-order valence-corrected chi connectivity index (χ4v) is 2.35. The summed E-state index contributed by atoms with van der Waals surface area (Å²) in [5, 5.41) is 4.29. The van der Waals surface area contributed by atoms with Gasteiger partial charge in [0.05, 0.1) is 0 Å². The van der Waals surface area contributed by atoms with Crippen LogP contribution in [0.4, 0.5) is 5.13 Å². The Bertz CT molecular complexity index is 263. The lowest BCUT2D eigenvalue weighted by atomic mass is 10.3. The van der Waals surface area contributed by atoms with Crippen molar-refractivity contribution < 1.29 is 0 Å². The summed E-state index contributed by atoms with van der Waals surface area (Å²) in [5.74, 6) is 2.23. The molecule has 1 heterocycles. The second-order valence-electron chi connectivity index (χ2n) is 3.39. The number of hydrogen-bond donors (Lipinski definition) is 1. The Morgan fingerprint density at radius 2 is 2.27 bits per heavy atom. The molecule has 0 spiro atoms. The van der Waals surface area contributed by atoms with Crippen molar-refractivity contribution >= 4 is 28.4 Å². The molecule has 15 heavy (non-hydrogen) atoms. The molecule has 1 aromatic heterocycles. The van der Waals surface area contributed by atoms with E-state index in [0.29, 0.717) is 0 Å². The minimum Gasteiger partial charge on any atom is -0.360 e. The van der Waals surface area contributed by atoms with Crippen molar-refractivity contribution in [2.24, 2.45) is 0 Å². The number of nitrogens with zero attached hydrogens (tertiary/aromatic N) is 2. The number of anilines is 1. The van der Waals surface area contributed by atoms with Crippen molar-refractivity contribution in [3.05, 3.63) is 5.82 Å². The molecule has 0 aromatic carbocycles. The van der Waals surface area contributed by atoms with Gasteiger partial charge in [0, 0.05) is 24.5 Å². The average Bonchev–Trinajstić information content (AvgIpc) is 2.66. The Kier molecular flexibility index (Phi) is 6.76. The summed E-state index contributed by atoms with van der Waals surface area (Å²) in [6.07, 6.45) is 6.74. The molecule has 1 aromatic rings. The highest BCUT2D eigenvalue weighted by molar-refractivity contribution is 7.98. The van der Waals surface area contributed by atoms with Gasteiger partial charge >= 0.3 is 0 Å². The van der Waals surface area contributed by atoms with Crippen LogP contribution >= 0.6 is 23.3 Å². The second-order valence-corrected chi connectivity index (χ2v) is 5.13. The van der Waals surface area contributed by atoms with E-state index in [1.165, 1.54) is 30.1 Å². The first-order valence-corrected chi connectivity index (χ1v) is 7.59. The number of hydrogen-bond acceptors (Lipinski definition) is 5. The van der Waals surface area contributed by atoms with Gasteiger partial charge in [0.25, 0.3) is 0 Å². The van der Waals surface area contributed by atoms with E-state index in [1.54, 1.807) is 0 Å². The van der Waals surface area contributed by atoms with Gasteiger partial charge in [0.1, 0.15) is 5.82 Å². The summed E-state index contributed by atoms with van der Waals surface area (Å²) in [6, 6.07) is 0. The molecule has 0 aliphatic rings. The summed E-state index contributed by atoms with van der Waals surface area (Å²) in [5.41, 5.74) is 0. The van der Waals surface area contributed by atoms with E-state index in [2.05, 4.69) is 27.9 Å². The average molecular weight is 245 g/mol. The van der Waals surface area contributed by atoms with Gasteiger partial charge in [-0.1, -0.05) is 6.92 Å². The number of aromatic nitrogens is 2. The number of nitrogens with one attached hydrogen (secondary N) is 1. The van der Waals surface area contributed by atoms with Crippen LogP contribution in [-0.4, -0.2) is 27.9 Å². The molecule has 0 radical (unpaired) electrons. The topological polar surface area (TPSA) is 37.8 Å². The molecule has 0 aliphatic carbocycles. The Labute approximate surface area is 100 Å². The fraction of sp³-hybridized carbons (Fsp3) is 0.800. The maximum absolute atomic E-state index is 4.41. The summed E-state index contributed by atoms with van der Waals surface area (Å²) in [7, 11) is 0. The predicted molar refractivity (Wildman–Crippen MR) is 70.0 cm³/mol. The molecule has 3 nitrogen and oxygen atoms in total. The zero-order valence-corrected chi connectivity index (χ0v) is 11.1. The van der Waals surface area contributed by atoms with E-state index in [0.717, 1.165) is 30.3 Å². The molecule has 5 heteroatoms. The second kappa shape index (κ2) is 7.93. The van der Waals surface area contributed by atoms with E-state index < -0.39 is 0 Å². The van der Waals surface area contributed by atoms with Crippen molar-refractivity contribution in [1.29, 1.82) is 0 Å². The zero-order chi connectivity index (χ0) is 10.9. The third-order valence-corrected chi connectivity index (χ3v) is 3.40. The van der Waals surface area contributed by atoms with Crippen LogP contribution in [0.2, 0.25) is 0 Å². The van der Waals surface area contributed by atoms with Crippen LogP contribution in [0.3, 0.4) is 0 Å². The van der Waals surface area contributed by atoms with Crippen LogP contribution < -0.4 is 5.32 Å². The smallest absolute Gasteiger partial charge is 0.202 e. The summed E-state index contributed by atoms with van der Waals surface area (Å²) in [4.78, 5) is 4.41. The van der Waals surface area contributed by atoms with E-state index in [4.69, 9.17) is 0 Å². The lowest BCUT2D eigenvalue weighted by Crippen LogP contribution is -2.01. The minimum atomic E-state index is 0.975. The van der Waals surface area contributed by atoms with Gasteiger partial charge in [-0.15, -0.1) is 0 Å². The van der Waals surface area contributed by atoms with Gasteiger partial charge < -0.3 is 5.32 Å². The van der Waals surface area contributed by atoms with E-state index in [9.17, 15) is 0 Å². The maximum Gasteiger partial charge on any atom is 0.202 e. The van der Waals surface area contributed by atoms with Crippen molar-refractivity contribution in [2.45, 2.75) is 32.6 Å². The Balaban J connectivity index is 2.14. The highest BCUT2D eigenvalue weighted by atomic mass is 32.2. The molecule has 0 aliphatic heterocycles. The Hall–Kier alpha value is -0.290. The van der Waals surface area contributed by atoms with Crippen molar-refractivity contribution in [1.82, 2.24) is 9.36 Å². The van der Waals surface area contributed by atoms with Gasteiger partial charge in [-0.3, -0.25) is 0 Å². The van der Waals surface area contributed by atoms with Gasteiger partial charge in [0.2, 0.25) is 5.13 Å². The number of thioether (sulfide) groups is 1. The summed E-state index contributed by atoms with van der Waals surface area (Å²) in [6.45, 7) is 3.16. The largest absolute Gasteiger partial charge is 0.360 e. The van der Waals surface area contributed by atoms with Crippen molar-refractivity contribution in [3.63, 3.8) is 0 Å². The molecular weight excluding hydrogens is 226 g/mol. The van der Waals surface area contributed by atoms with Gasteiger partial charge in [-0.25, -0.2) is 4.98 Å². The predicted octanol–water partition coefficient (Wildman–Crippen LogP) is 3.05. The molecule has 0 amide bonds. The fourth-order valence-electron chi connectivity index (χ4n) is 1.22. The highest BCUT2D eigenvalue weighted by Crippen LogP contribution is 2.12. The molecular formula is C10H19N3S2. The van der Waals surface area contributed by atoms with Crippen LogP contribution in [-0.2, 0) is 6.42 Å². The van der Waals surface area contributed by atoms with Crippen LogP contribution in [0.1, 0.15) is 32.0 Å². The normalized spacial score (nSPS) is 10.5.